The van der Waals surface area contributed by atoms with Gasteiger partial charge in [-0.25, -0.2) is 20.4 Å². The van der Waals surface area contributed by atoms with Gasteiger partial charge in [-0.15, -0.1) is 0 Å². The Morgan fingerprint density at radius 1 is 1.03 bits per heavy atom. The van der Waals surface area contributed by atoms with E-state index in [2.05, 4.69) is 35.3 Å². The lowest BCUT2D eigenvalue weighted by Gasteiger charge is -2.19. The normalized spacial score (nSPS) is 11.9. The summed E-state index contributed by atoms with van der Waals surface area (Å²) in [5.41, 5.74) is 4.86. The first-order valence-electron chi connectivity index (χ1n) is 10.1. The van der Waals surface area contributed by atoms with E-state index in [0.29, 0.717) is 23.7 Å². The smallest absolute Gasteiger partial charge is 0.426 e. The maximum atomic E-state index is 12.0. The number of hydrogen-bond acceptors (Lipinski definition) is 5. The summed E-state index contributed by atoms with van der Waals surface area (Å²) in [5.74, 6) is 2.80. The third-order valence-corrected chi connectivity index (χ3v) is 5.28. The molecule has 0 heterocycles. The number of thioether (sulfide) groups is 1. The van der Waals surface area contributed by atoms with Gasteiger partial charge in [-0.1, -0.05) is 20.3 Å². The zero-order valence-corrected chi connectivity index (χ0v) is 19.3. The zero-order valence-electron chi connectivity index (χ0n) is 18.5. The third kappa shape index (κ3) is 12.2. The van der Waals surface area contributed by atoms with Crippen LogP contribution in [-0.4, -0.2) is 35.1 Å². The summed E-state index contributed by atoms with van der Waals surface area (Å²) < 4.78 is 5.01. The SMILES string of the molecule is CCC(C)CSCCCC(=O)Nc1ccc(NC(=O)NNC(=O)OC(C)(C)C)cc1. The van der Waals surface area contributed by atoms with E-state index in [1.54, 1.807) is 45.0 Å². The van der Waals surface area contributed by atoms with Crippen LogP contribution in [0.5, 0.6) is 0 Å². The number of carbonyl (C=O) groups excluding carboxylic acids is 3. The fourth-order valence-corrected chi connectivity index (χ4v) is 3.32. The highest BCUT2D eigenvalue weighted by molar-refractivity contribution is 7.99. The molecule has 0 aliphatic rings. The van der Waals surface area contributed by atoms with E-state index in [0.717, 1.165) is 17.9 Å². The molecule has 1 atom stereocenters. The van der Waals surface area contributed by atoms with E-state index in [4.69, 9.17) is 4.74 Å². The lowest BCUT2D eigenvalue weighted by atomic mass is 10.2. The molecule has 0 aromatic heterocycles. The molecule has 1 unspecified atom stereocenters. The van der Waals surface area contributed by atoms with Gasteiger partial charge in [-0.2, -0.15) is 11.8 Å². The molecule has 1 rings (SSSR count). The molecular formula is C21H34N4O4S. The number of hydrogen-bond donors (Lipinski definition) is 4. The van der Waals surface area contributed by atoms with E-state index >= 15 is 0 Å². The average molecular weight is 439 g/mol. The molecule has 0 aliphatic carbocycles. The van der Waals surface area contributed by atoms with Gasteiger partial charge in [0.15, 0.2) is 0 Å². The highest BCUT2D eigenvalue weighted by Crippen LogP contribution is 2.15. The summed E-state index contributed by atoms with van der Waals surface area (Å²) in [4.78, 5) is 35.3. The second-order valence-electron chi connectivity index (χ2n) is 8.02. The third-order valence-electron chi connectivity index (χ3n) is 3.90. The number of urea groups is 1. The molecule has 0 saturated carbocycles. The topological polar surface area (TPSA) is 109 Å². The highest BCUT2D eigenvalue weighted by Gasteiger charge is 2.16. The average Bonchev–Trinajstić information content (AvgIpc) is 2.66. The van der Waals surface area contributed by atoms with Gasteiger partial charge in [0.05, 0.1) is 0 Å². The molecule has 0 aliphatic heterocycles. The van der Waals surface area contributed by atoms with E-state index in [-0.39, 0.29) is 5.91 Å². The molecular weight excluding hydrogens is 404 g/mol. The molecule has 30 heavy (non-hydrogen) atoms. The van der Waals surface area contributed by atoms with Gasteiger partial charge in [0, 0.05) is 17.8 Å². The van der Waals surface area contributed by atoms with Crippen LogP contribution in [0.1, 0.15) is 53.9 Å². The molecule has 4 amide bonds. The van der Waals surface area contributed by atoms with Crippen LogP contribution in [0.4, 0.5) is 21.0 Å². The van der Waals surface area contributed by atoms with Gasteiger partial charge >= 0.3 is 12.1 Å². The summed E-state index contributed by atoms with van der Waals surface area (Å²) in [6.45, 7) is 9.59. The fourth-order valence-electron chi connectivity index (χ4n) is 2.17. The molecule has 0 spiro atoms. The minimum atomic E-state index is -0.756. The van der Waals surface area contributed by atoms with Crippen LogP contribution in [0.3, 0.4) is 0 Å². The number of anilines is 2. The lowest BCUT2D eigenvalue weighted by molar-refractivity contribution is -0.116. The van der Waals surface area contributed by atoms with Gasteiger partial charge in [-0.3, -0.25) is 4.79 Å². The van der Waals surface area contributed by atoms with Gasteiger partial charge in [-0.05, 0) is 68.9 Å². The van der Waals surface area contributed by atoms with Gasteiger partial charge in [0.25, 0.3) is 0 Å². The number of amides is 4. The maximum Gasteiger partial charge on any atom is 0.426 e. The number of nitrogens with one attached hydrogen (secondary N) is 4. The van der Waals surface area contributed by atoms with Crippen molar-refractivity contribution in [3.05, 3.63) is 24.3 Å². The van der Waals surface area contributed by atoms with Gasteiger partial charge < -0.3 is 15.4 Å². The predicted molar refractivity (Wildman–Crippen MR) is 123 cm³/mol. The van der Waals surface area contributed by atoms with Crippen LogP contribution in [0.15, 0.2) is 24.3 Å². The monoisotopic (exact) mass is 438 g/mol. The molecule has 0 fully saturated rings. The number of rotatable bonds is 9. The standard InChI is InChI=1S/C21H34N4O4S/c1-6-15(2)14-30-13-7-8-18(26)22-16-9-11-17(12-10-16)23-19(27)24-25-20(28)29-21(3,4)5/h9-12,15H,6-8,13-14H2,1-5H3,(H,22,26)(H,25,28)(H2,23,24,27). The first kappa shape index (κ1) is 25.6. The summed E-state index contributed by atoms with van der Waals surface area (Å²) in [6.07, 6.45) is 1.75. The zero-order chi connectivity index (χ0) is 22.6. The number of hydrazine groups is 1. The lowest BCUT2D eigenvalue weighted by Crippen LogP contribution is -2.46. The second kappa shape index (κ2) is 13.0. The quantitative estimate of drug-likeness (QED) is 0.329. The summed E-state index contributed by atoms with van der Waals surface area (Å²) in [7, 11) is 0. The van der Waals surface area contributed by atoms with Gasteiger partial charge in [0.1, 0.15) is 5.60 Å². The van der Waals surface area contributed by atoms with Crippen molar-refractivity contribution in [3.8, 4) is 0 Å². The van der Waals surface area contributed by atoms with Crippen molar-refractivity contribution in [3.63, 3.8) is 0 Å². The van der Waals surface area contributed by atoms with Crippen molar-refractivity contribution >= 4 is 41.2 Å². The van der Waals surface area contributed by atoms with Gasteiger partial charge in [0.2, 0.25) is 5.91 Å². The molecule has 168 valence electrons. The van der Waals surface area contributed by atoms with Crippen molar-refractivity contribution in [2.24, 2.45) is 5.92 Å². The molecule has 0 radical (unpaired) electrons. The van der Waals surface area contributed by atoms with E-state index in [9.17, 15) is 14.4 Å². The largest absolute Gasteiger partial charge is 0.443 e. The number of benzene rings is 1. The second-order valence-corrected chi connectivity index (χ2v) is 9.17. The highest BCUT2D eigenvalue weighted by atomic mass is 32.2. The summed E-state index contributed by atoms with van der Waals surface area (Å²) >= 11 is 1.89. The van der Waals surface area contributed by atoms with Crippen molar-refractivity contribution in [1.82, 2.24) is 10.9 Å². The van der Waals surface area contributed by atoms with Crippen LogP contribution < -0.4 is 21.5 Å². The predicted octanol–water partition coefficient (Wildman–Crippen LogP) is 4.75. The Bertz CT molecular complexity index is 689. The Balaban J connectivity index is 2.29. The van der Waals surface area contributed by atoms with Crippen molar-refractivity contribution < 1.29 is 19.1 Å². The molecule has 9 heteroatoms. The Labute approximate surface area is 183 Å². The number of carbonyl (C=O) groups is 3. The minimum absolute atomic E-state index is 0.0286. The summed E-state index contributed by atoms with van der Waals surface area (Å²) in [6, 6.07) is 6.10. The van der Waals surface area contributed by atoms with E-state index < -0.39 is 17.7 Å². The number of ether oxygens (including phenoxy) is 1. The molecule has 0 saturated heterocycles. The fraction of sp³-hybridized carbons (Fsp3) is 0.571. The van der Waals surface area contributed by atoms with Crippen LogP contribution in [-0.2, 0) is 9.53 Å². The van der Waals surface area contributed by atoms with E-state index in [1.807, 2.05) is 11.8 Å². The van der Waals surface area contributed by atoms with Crippen LogP contribution in [0.25, 0.3) is 0 Å². The first-order valence-corrected chi connectivity index (χ1v) is 11.3. The van der Waals surface area contributed by atoms with Crippen LogP contribution in [0.2, 0.25) is 0 Å². The van der Waals surface area contributed by atoms with E-state index in [1.165, 1.54) is 6.42 Å². The van der Waals surface area contributed by atoms with Crippen LogP contribution >= 0.6 is 11.8 Å². The minimum Gasteiger partial charge on any atom is -0.443 e. The van der Waals surface area contributed by atoms with Crippen molar-refractivity contribution in [1.29, 1.82) is 0 Å². The summed E-state index contributed by atoms with van der Waals surface area (Å²) in [5, 5.41) is 5.41. The Hall–Kier alpha value is -2.42. The Morgan fingerprint density at radius 2 is 1.63 bits per heavy atom. The Morgan fingerprint density at radius 3 is 2.20 bits per heavy atom. The molecule has 1 aromatic rings. The molecule has 4 N–H and O–H groups in total. The van der Waals surface area contributed by atoms with Crippen molar-refractivity contribution in [2.75, 3.05) is 22.1 Å². The van der Waals surface area contributed by atoms with Crippen molar-refractivity contribution in [2.45, 2.75) is 59.5 Å². The molecule has 1 aromatic carbocycles. The maximum absolute atomic E-state index is 12.0. The Kier molecular flexibility index (Phi) is 11.1. The first-order chi connectivity index (χ1) is 14.1. The molecule has 0 bridgehead atoms. The van der Waals surface area contributed by atoms with Crippen LogP contribution in [0, 0.1) is 5.92 Å². The molecule has 8 nitrogen and oxygen atoms in total.